The molecule has 0 aromatic heterocycles. The second-order valence-electron chi connectivity index (χ2n) is 5.96. The number of hydrogen-bond acceptors (Lipinski definition) is 4. The van der Waals surface area contributed by atoms with Gasteiger partial charge in [0.25, 0.3) is 10.1 Å². The zero-order valence-electron chi connectivity index (χ0n) is 12.7. The molecule has 2 rings (SSSR count). The van der Waals surface area contributed by atoms with Gasteiger partial charge < -0.3 is 5.11 Å². The van der Waals surface area contributed by atoms with Gasteiger partial charge in [-0.3, -0.25) is 4.18 Å². The molecule has 1 fully saturated rings. The van der Waals surface area contributed by atoms with Crippen LogP contribution in [0.15, 0.2) is 29.2 Å². The SMILES string of the molecule is CCC1([C@@H](O)CCOS(=O)(=O)c2ccc(C)cc2)CCC1. The van der Waals surface area contributed by atoms with E-state index in [0.29, 0.717) is 6.42 Å². The summed E-state index contributed by atoms with van der Waals surface area (Å²) in [4.78, 5) is 0.163. The average Bonchev–Trinajstić information content (AvgIpc) is 2.38. The van der Waals surface area contributed by atoms with Gasteiger partial charge in [0.2, 0.25) is 0 Å². The van der Waals surface area contributed by atoms with Crippen molar-refractivity contribution in [3.63, 3.8) is 0 Å². The van der Waals surface area contributed by atoms with Crippen molar-refractivity contribution in [2.45, 2.75) is 57.0 Å². The van der Waals surface area contributed by atoms with Gasteiger partial charge in [-0.1, -0.05) is 31.0 Å². The Labute approximate surface area is 127 Å². The third-order valence-corrected chi connectivity index (χ3v) is 6.03. The highest BCUT2D eigenvalue weighted by Gasteiger charge is 2.41. The van der Waals surface area contributed by atoms with Gasteiger partial charge in [0.1, 0.15) is 0 Å². The van der Waals surface area contributed by atoms with Gasteiger partial charge in [0.15, 0.2) is 0 Å². The number of aliphatic hydroxyl groups is 1. The molecule has 1 aliphatic rings. The van der Waals surface area contributed by atoms with Crippen molar-refractivity contribution >= 4 is 10.1 Å². The Hall–Kier alpha value is -0.910. The van der Waals surface area contributed by atoms with Crippen LogP contribution in [0.1, 0.15) is 44.6 Å². The van der Waals surface area contributed by atoms with Crippen LogP contribution in [0.3, 0.4) is 0 Å². The molecule has 1 saturated carbocycles. The molecular formula is C16H24O4S. The van der Waals surface area contributed by atoms with E-state index in [0.717, 1.165) is 31.2 Å². The lowest BCUT2D eigenvalue weighted by molar-refractivity contribution is -0.0470. The standard InChI is InChI=1S/C16H24O4S/c1-3-16(10-4-11-16)15(17)9-12-20-21(18,19)14-7-5-13(2)6-8-14/h5-8,15,17H,3-4,9-12H2,1-2H3/t15-/m0/s1. The summed E-state index contributed by atoms with van der Waals surface area (Å²) in [5, 5.41) is 10.2. The molecule has 1 aromatic carbocycles. The summed E-state index contributed by atoms with van der Waals surface area (Å²) in [5.41, 5.74) is 0.982. The predicted octanol–water partition coefficient (Wildman–Crippen LogP) is 3.03. The molecule has 1 aliphatic carbocycles. The van der Waals surface area contributed by atoms with Crippen LogP contribution in [0.5, 0.6) is 0 Å². The van der Waals surface area contributed by atoms with E-state index in [4.69, 9.17) is 4.18 Å². The number of aliphatic hydroxyl groups excluding tert-OH is 1. The highest BCUT2D eigenvalue weighted by Crippen LogP contribution is 2.47. The first kappa shape index (κ1) is 16.5. The minimum atomic E-state index is -3.72. The molecule has 0 heterocycles. The van der Waals surface area contributed by atoms with Crippen molar-refractivity contribution < 1.29 is 17.7 Å². The Balaban J connectivity index is 1.89. The van der Waals surface area contributed by atoms with Gasteiger partial charge in [-0.2, -0.15) is 8.42 Å². The van der Waals surface area contributed by atoms with Gasteiger partial charge in [-0.05, 0) is 50.2 Å². The van der Waals surface area contributed by atoms with E-state index in [9.17, 15) is 13.5 Å². The van der Waals surface area contributed by atoms with E-state index in [2.05, 4.69) is 6.92 Å². The molecule has 0 amide bonds. The molecule has 0 aliphatic heterocycles. The highest BCUT2D eigenvalue weighted by atomic mass is 32.2. The van der Waals surface area contributed by atoms with Crippen molar-refractivity contribution in [1.29, 1.82) is 0 Å². The Morgan fingerprint density at radius 3 is 2.38 bits per heavy atom. The third-order valence-electron chi connectivity index (χ3n) is 4.70. The summed E-state index contributed by atoms with van der Waals surface area (Å²) >= 11 is 0. The fourth-order valence-electron chi connectivity index (χ4n) is 2.90. The summed E-state index contributed by atoms with van der Waals surface area (Å²) in [6, 6.07) is 6.57. The molecule has 1 N–H and O–H groups in total. The molecule has 4 nitrogen and oxygen atoms in total. The zero-order valence-corrected chi connectivity index (χ0v) is 13.5. The predicted molar refractivity (Wildman–Crippen MR) is 81.5 cm³/mol. The minimum absolute atomic E-state index is 0.0169. The van der Waals surface area contributed by atoms with E-state index in [1.54, 1.807) is 24.3 Å². The summed E-state index contributed by atoms with van der Waals surface area (Å²) in [5.74, 6) is 0. The maximum atomic E-state index is 12.0. The summed E-state index contributed by atoms with van der Waals surface area (Å²) in [6.45, 7) is 4.00. The van der Waals surface area contributed by atoms with Crippen molar-refractivity contribution in [2.75, 3.05) is 6.61 Å². The van der Waals surface area contributed by atoms with Crippen LogP contribution < -0.4 is 0 Å². The summed E-state index contributed by atoms with van der Waals surface area (Å²) in [7, 11) is -3.72. The second kappa shape index (κ2) is 6.46. The quantitative estimate of drug-likeness (QED) is 0.786. The first-order valence-corrected chi connectivity index (χ1v) is 8.95. The first-order valence-electron chi connectivity index (χ1n) is 7.54. The normalized spacial score (nSPS) is 19.0. The fourth-order valence-corrected chi connectivity index (χ4v) is 3.82. The smallest absolute Gasteiger partial charge is 0.296 e. The average molecular weight is 312 g/mol. The van der Waals surface area contributed by atoms with Crippen LogP contribution >= 0.6 is 0 Å². The van der Waals surface area contributed by atoms with Gasteiger partial charge in [-0.15, -0.1) is 0 Å². The Bertz CT molecular complexity index is 553. The largest absolute Gasteiger partial charge is 0.392 e. The molecular weight excluding hydrogens is 288 g/mol. The molecule has 118 valence electrons. The lowest BCUT2D eigenvalue weighted by Crippen LogP contribution is -2.41. The number of benzene rings is 1. The van der Waals surface area contributed by atoms with Gasteiger partial charge in [0, 0.05) is 0 Å². The van der Waals surface area contributed by atoms with Crippen molar-refractivity contribution in [1.82, 2.24) is 0 Å². The van der Waals surface area contributed by atoms with E-state index < -0.39 is 16.2 Å². The Morgan fingerprint density at radius 1 is 1.29 bits per heavy atom. The monoisotopic (exact) mass is 312 g/mol. The Morgan fingerprint density at radius 2 is 1.90 bits per heavy atom. The molecule has 0 radical (unpaired) electrons. The lowest BCUT2D eigenvalue weighted by Gasteiger charge is -2.45. The Kier molecular flexibility index (Phi) is 5.07. The van der Waals surface area contributed by atoms with Gasteiger partial charge in [-0.25, -0.2) is 0 Å². The maximum absolute atomic E-state index is 12.0. The fraction of sp³-hybridized carbons (Fsp3) is 0.625. The highest BCUT2D eigenvalue weighted by molar-refractivity contribution is 7.86. The molecule has 0 bridgehead atoms. The maximum Gasteiger partial charge on any atom is 0.296 e. The molecule has 21 heavy (non-hydrogen) atoms. The van der Waals surface area contributed by atoms with Crippen molar-refractivity contribution in [3.8, 4) is 0 Å². The number of aryl methyl sites for hydroxylation is 1. The number of rotatable bonds is 7. The molecule has 1 atom stereocenters. The van der Waals surface area contributed by atoms with Gasteiger partial charge >= 0.3 is 0 Å². The minimum Gasteiger partial charge on any atom is -0.392 e. The van der Waals surface area contributed by atoms with E-state index in [-0.39, 0.29) is 16.9 Å². The molecule has 0 saturated heterocycles. The van der Waals surface area contributed by atoms with Crippen LogP contribution in [0.25, 0.3) is 0 Å². The zero-order chi connectivity index (χ0) is 15.5. The second-order valence-corrected chi connectivity index (χ2v) is 7.58. The first-order chi connectivity index (χ1) is 9.89. The third kappa shape index (κ3) is 3.65. The molecule has 1 aromatic rings. The van der Waals surface area contributed by atoms with Gasteiger partial charge in [0.05, 0.1) is 17.6 Å². The topological polar surface area (TPSA) is 63.6 Å². The lowest BCUT2D eigenvalue weighted by atomic mass is 9.63. The summed E-state index contributed by atoms with van der Waals surface area (Å²) < 4.78 is 29.1. The molecule has 5 heteroatoms. The van der Waals surface area contributed by atoms with Crippen LogP contribution in [0, 0.1) is 12.3 Å². The van der Waals surface area contributed by atoms with E-state index in [1.807, 2.05) is 6.92 Å². The van der Waals surface area contributed by atoms with E-state index in [1.165, 1.54) is 0 Å². The molecule has 0 spiro atoms. The van der Waals surface area contributed by atoms with Crippen molar-refractivity contribution in [2.24, 2.45) is 5.41 Å². The van der Waals surface area contributed by atoms with Crippen LogP contribution in [-0.2, 0) is 14.3 Å². The van der Waals surface area contributed by atoms with Crippen molar-refractivity contribution in [3.05, 3.63) is 29.8 Å². The molecule has 0 unspecified atom stereocenters. The van der Waals surface area contributed by atoms with Crippen LogP contribution in [0.4, 0.5) is 0 Å². The summed E-state index contributed by atoms with van der Waals surface area (Å²) in [6.07, 6.45) is 4.00. The number of hydrogen-bond donors (Lipinski definition) is 1. The van der Waals surface area contributed by atoms with E-state index >= 15 is 0 Å². The van der Waals surface area contributed by atoms with Crippen LogP contribution in [-0.4, -0.2) is 26.2 Å². The van der Waals surface area contributed by atoms with Crippen LogP contribution in [0.2, 0.25) is 0 Å².